The van der Waals surface area contributed by atoms with Crippen molar-refractivity contribution < 1.29 is 4.39 Å². The molecule has 0 saturated carbocycles. The van der Waals surface area contributed by atoms with E-state index in [1.165, 1.54) is 6.07 Å². The van der Waals surface area contributed by atoms with Crippen LogP contribution < -0.4 is 10.6 Å². The van der Waals surface area contributed by atoms with Gasteiger partial charge in [-0.1, -0.05) is 18.2 Å². The first-order valence-electron chi connectivity index (χ1n) is 6.43. The van der Waals surface area contributed by atoms with Crippen molar-refractivity contribution in [1.82, 2.24) is 20.2 Å². The summed E-state index contributed by atoms with van der Waals surface area (Å²) in [5, 5.41) is 6.25. The number of halogens is 1. The maximum Gasteiger partial charge on any atom is 0.191 e. The molecule has 0 atom stereocenters. The van der Waals surface area contributed by atoms with Gasteiger partial charge in [0.1, 0.15) is 5.82 Å². The number of benzene rings is 1. The van der Waals surface area contributed by atoms with E-state index in [9.17, 15) is 4.39 Å². The smallest absolute Gasteiger partial charge is 0.191 e. The van der Waals surface area contributed by atoms with E-state index in [0.29, 0.717) is 24.6 Å². The molecule has 0 aliphatic heterocycles. The Hall–Kier alpha value is -2.37. The molecule has 5 nitrogen and oxygen atoms in total. The maximum atomic E-state index is 13.5. The third kappa shape index (κ3) is 4.08. The van der Waals surface area contributed by atoms with Crippen molar-refractivity contribution in [2.24, 2.45) is 4.99 Å². The van der Waals surface area contributed by atoms with Gasteiger partial charge in [-0.15, -0.1) is 0 Å². The van der Waals surface area contributed by atoms with Crippen molar-refractivity contribution in [3.8, 4) is 0 Å². The molecule has 0 saturated heterocycles. The van der Waals surface area contributed by atoms with Crippen LogP contribution in [-0.4, -0.2) is 29.1 Å². The molecule has 0 amide bonds. The Kier molecular flexibility index (Phi) is 5.11. The zero-order valence-electron chi connectivity index (χ0n) is 11.4. The Morgan fingerprint density at radius 1 is 1.35 bits per heavy atom. The summed E-state index contributed by atoms with van der Waals surface area (Å²) in [4.78, 5) is 8.07. The number of aliphatic imine (C=N–C) groups is 1. The fraction of sp³-hybridized carbons (Fsp3) is 0.286. The highest BCUT2D eigenvalue weighted by Gasteiger charge is 2.02. The number of guanidine groups is 1. The maximum absolute atomic E-state index is 13.5. The first-order chi connectivity index (χ1) is 9.79. The summed E-state index contributed by atoms with van der Waals surface area (Å²) >= 11 is 0. The van der Waals surface area contributed by atoms with Crippen molar-refractivity contribution >= 4 is 5.96 Å². The minimum Gasteiger partial charge on any atom is -0.355 e. The Morgan fingerprint density at radius 2 is 2.20 bits per heavy atom. The van der Waals surface area contributed by atoms with Gasteiger partial charge in [-0.2, -0.15) is 0 Å². The second-order valence-corrected chi connectivity index (χ2v) is 4.24. The van der Waals surface area contributed by atoms with Crippen LogP contribution in [0.5, 0.6) is 0 Å². The molecule has 1 aromatic carbocycles. The van der Waals surface area contributed by atoms with Crippen LogP contribution in [0.2, 0.25) is 0 Å². The second-order valence-electron chi connectivity index (χ2n) is 4.24. The predicted octanol–water partition coefficient (Wildman–Crippen LogP) is 1.39. The van der Waals surface area contributed by atoms with Gasteiger partial charge >= 0.3 is 0 Å². The lowest BCUT2D eigenvalue weighted by Gasteiger charge is -2.12. The number of nitrogens with zero attached hydrogens (tertiary/aromatic N) is 3. The van der Waals surface area contributed by atoms with E-state index in [2.05, 4.69) is 20.6 Å². The molecule has 0 unspecified atom stereocenters. The van der Waals surface area contributed by atoms with Crippen LogP contribution in [0.25, 0.3) is 0 Å². The summed E-state index contributed by atoms with van der Waals surface area (Å²) in [6.45, 7) is 1.91. The standard InChI is InChI=1S/C14H18FN5/c1-16-14(18-7-9-20-8-6-17-11-20)19-10-12-4-2-3-5-13(12)15/h2-6,8,11H,7,9-10H2,1H3,(H2,16,18,19). The number of nitrogens with one attached hydrogen (secondary N) is 2. The van der Waals surface area contributed by atoms with Gasteiger partial charge in [0.05, 0.1) is 6.33 Å². The summed E-state index contributed by atoms with van der Waals surface area (Å²) in [6.07, 6.45) is 5.40. The number of rotatable bonds is 5. The normalized spacial score (nSPS) is 11.4. The van der Waals surface area contributed by atoms with Crippen molar-refractivity contribution in [1.29, 1.82) is 0 Å². The molecule has 1 aromatic heterocycles. The molecule has 0 fully saturated rings. The van der Waals surface area contributed by atoms with Gasteiger partial charge in [0.25, 0.3) is 0 Å². The molecule has 2 aromatic rings. The lowest BCUT2D eigenvalue weighted by atomic mass is 10.2. The van der Waals surface area contributed by atoms with Gasteiger partial charge in [0.2, 0.25) is 0 Å². The van der Waals surface area contributed by atoms with Gasteiger partial charge in [-0.25, -0.2) is 9.37 Å². The highest BCUT2D eigenvalue weighted by atomic mass is 19.1. The van der Waals surface area contributed by atoms with Crippen LogP contribution in [0.15, 0.2) is 48.0 Å². The van der Waals surface area contributed by atoms with Crippen molar-refractivity contribution in [3.63, 3.8) is 0 Å². The predicted molar refractivity (Wildman–Crippen MR) is 76.8 cm³/mol. The first kappa shape index (κ1) is 14.0. The van der Waals surface area contributed by atoms with Crippen LogP contribution in [0.1, 0.15) is 5.56 Å². The van der Waals surface area contributed by atoms with Crippen LogP contribution in [-0.2, 0) is 13.1 Å². The minimum absolute atomic E-state index is 0.214. The topological polar surface area (TPSA) is 54.2 Å². The SMILES string of the molecule is CN=C(NCCn1ccnc1)NCc1ccccc1F. The second kappa shape index (κ2) is 7.28. The highest BCUT2D eigenvalue weighted by Crippen LogP contribution is 2.05. The highest BCUT2D eigenvalue weighted by molar-refractivity contribution is 5.79. The van der Waals surface area contributed by atoms with Crippen molar-refractivity contribution in [2.45, 2.75) is 13.1 Å². The Bertz CT molecular complexity index is 550. The molecule has 20 heavy (non-hydrogen) atoms. The third-order valence-corrected chi connectivity index (χ3v) is 2.85. The molecular weight excluding hydrogens is 257 g/mol. The minimum atomic E-state index is -0.214. The molecule has 2 rings (SSSR count). The molecule has 0 aliphatic rings. The lowest BCUT2D eigenvalue weighted by molar-refractivity contribution is 0.603. The number of aromatic nitrogens is 2. The quantitative estimate of drug-likeness (QED) is 0.640. The average molecular weight is 275 g/mol. The zero-order valence-corrected chi connectivity index (χ0v) is 11.4. The molecule has 0 bridgehead atoms. The van der Waals surface area contributed by atoms with E-state index in [1.54, 1.807) is 31.7 Å². The molecule has 1 heterocycles. The summed E-state index contributed by atoms with van der Waals surface area (Å²) in [7, 11) is 1.69. The molecule has 106 valence electrons. The van der Waals surface area contributed by atoms with Crippen molar-refractivity contribution in [3.05, 3.63) is 54.4 Å². The number of hydrogen-bond donors (Lipinski definition) is 2. The average Bonchev–Trinajstić information content (AvgIpc) is 2.97. The molecular formula is C14H18FN5. The molecule has 2 N–H and O–H groups in total. The molecule has 0 spiro atoms. The van der Waals surface area contributed by atoms with E-state index in [0.717, 1.165) is 6.54 Å². The van der Waals surface area contributed by atoms with Gasteiger partial charge in [-0.05, 0) is 6.07 Å². The largest absolute Gasteiger partial charge is 0.355 e. The van der Waals surface area contributed by atoms with E-state index in [4.69, 9.17) is 0 Å². The van der Waals surface area contributed by atoms with E-state index in [-0.39, 0.29) is 5.82 Å². The van der Waals surface area contributed by atoms with Crippen molar-refractivity contribution in [2.75, 3.05) is 13.6 Å². The van der Waals surface area contributed by atoms with E-state index in [1.807, 2.05) is 16.8 Å². The van der Waals surface area contributed by atoms with Gasteiger partial charge in [0, 0.05) is 44.6 Å². The van der Waals surface area contributed by atoms with Crippen LogP contribution in [0.3, 0.4) is 0 Å². The van der Waals surface area contributed by atoms with E-state index >= 15 is 0 Å². The van der Waals surface area contributed by atoms with Crippen LogP contribution >= 0.6 is 0 Å². The van der Waals surface area contributed by atoms with Gasteiger partial charge < -0.3 is 15.2 Å². The zero-order chi connectivity index (χ0) is 14.2. The van der Waals surface area contributed by atoms with Crippen LogP contribution in [0, 0.1) is 5.82 Å². The van der Waals surface area contributed by atoms with Crippen LogP contribution in [0.4, 0.5) is 4.39 Å². The van der Waals surface area contributed by atoms with Gasteiger partial charge in [-0.3, -0.25) is 4.99 Å². The third-order valence-electron chi connectivity index (χ3n) is 2.85. The monoisotopic (exact) mass is 275 g/mol. The Labute approximate surface area is 117 Å². The Balaban J connectivity index is 1.77. The Morgan fingerprint density at radius 3 is 2.90 bits per heavy atom. The summed E-state index contributed by atoms with van der Waals surface area (Å²) < 4.78 is 15.4. The first-order valence-corrected chi connectivity index (χ1v) is 6.43. The molecule has 0 aliphatic carbocycles. The van der Waals surface area contributed by atoms with E-state index < -0.39 is 0 Å². The lowest BCUT2D eigenvalue weighted by Crippen LogP contribution is -2.38. The number of imidazole rings is 1. The number of hydrogen-bond acceptors (Lipinski definition) is 2. The molecule has 0 radical (unpaired) electrons. The fourth-order valence-electron chi connectivity index (χ4n) is 1.76. The summed E-state index contributed by atoms with van der Waals surface area (Å²) in [6, 6.07) is 6.69. The van der Waals surface area contributed by atoms with Gasteiger partial charge in [0.15, 0.2) is 5.96 Å². The summed E-state index contributed by atoms with van der Waals surface area (Å²) in [5.74, 6) is 0.433. The fourth-order valence-corrected chi connectivity index (χ4v) is 1.76. The molecule has 6 heteroatoms. The summed E-state index contributed by atoms with van der Waals surface area (Å²) in [5.41, 5.74) is 0.616.